The Balaban J connectivity index is 2.65. The minimum Gasteiger partial charge on any atom is -0.545 e. The number of benzene rings is 1. The summed E-state index contributed by atoms with van der Waals surface area (Å²) in [6, 6.07) is 2.92. The normalized spacial score (nSPS) is 17.9. The van der Waals surface area contributed by atoms with E-state index in [1.54, 1.807) is 0 Å². The van der Waals surface area contributed by atoms with Crippen molar-refractivity contribution in [1.82, 2.24) is 0 Å². The number of alkyl halides is 3. The number of carbonyl (C=O) groups excluding carboxylic acids is 1. The number of rotatable bonds is 2. The highest BCUT2D eigenvalue weighted by Crippen LogP contribution is 2.44. The van der Waals surface area contributed by atoms with Gasteiger partial charge in [0.15, 0.2) is 11.5 Å². The molecular formula is C12H7BrF3O4-. The van der Waals surface area contributed by atoms with Crippen molar-refractivity contribution in [3.8, 4) is 11.5 Å². The first-order valence-corrected chi connectivity index (χ1v) is 6.07. The molecule has 0 N–H and O–H groups in total. The van der Waals surface area contributed by atoms with E-state index in [9.17, 15) is 23.1 Å². The van der Waals surface area contributed by atoms with Crippen LogP contribution in [0.3, 0.4) is 0 Å². The predicted molar refractivity (Wildman–Crippen MR) is 64.1 cm³/mol. The van der Waals surface area contributed by atoms with Gasteiger partial charge in [0, 0.05) is 15.6 Å². The largest absolute Gasteiger partial charge is 0.545 e. The second kappa shape index (κ2) is 5.01. The molecule has 0 aromatic heterocycles. The molecule has 2 rings (SSSR count). The summed E-state index contributed by atoms with van der Waals surface area (Å²) in [7, 11) is 1.27. The van der Waals surface area contributed by atoms with Crippen LogP contribution in [0.2, 0.25) is 0 Å². The highest BCUT2D eigenvalue weighted by atomic mass is 79.9. The molecule has 0 amide bonds. The van der Waals surface area contributed by atoms with Crippen LogP contribution in [-0.2, 0) is 4.79 Å². The number of fused-ring (bicyclic) bond motifs is 1. The summed E-state index contributed by atoms with van der Waals surface area (Å²) < 4.78 is 48.7. The van der Waals surface area contributed by atoms with Gasteiger partial charge in [-0.05, 0) is 18.2 Å². The quantitative estimate of drug-likeness (QED) is 0.816. The summed E-state index contributed by atoms with van der Waals surface area (Å²) in [5.41, 5.74) is -0.831. The molecule has 1 heterocycles. The zero-order valence-corrected chi connectivity index (χ0v) is 11.5. The molecule has 0 fully saturated rings. The van der Waals surface area contributed by atoms with Crippen LogP contribution in [-0.4, -0.2) is 25.4 Å². The number of carboxylic acids is 1. The maximum absolute atomic E-state index is 12.9. The Morgan fingerprint density at radius 3 is 2.60 bits per heavy atom. The highest BCUT2D eigenvalue weighted by molar-refractivity contribution is 9.10. The van der Waals surface area contributed by atoms with Crippen LogP contribution in [0.5, 0.6) is 11.5 Å². The fraction of sp³-hybridized carbons (Fsp3) is 0.250. The molecule has 108 valence electrons. The van der Waals surface area contributed by atoms with Crippen molar-refractivity contribution in [2.24, 2.45) is 0 Å². The van der Waals surface area contributed by atoms with Crippen LogP contribution >= 0.6 is 15.9 Å². The number of hydrogen-bond acceptors (Lipinski definition) is 4. The third-order valence-electron chi connectivity index (χ3n) is 2.68. The monoisotopic (exact) mass is 351 g/mol. The first kappa shape index (κ1) is 14.7. The molecule has 0 saturated heterocycles. The molecule has 1 aromatic rings. The number of methoxy groups -OCH3 is 1. The standard InChI is InChI=1S/C12H8BrF3O4/c1-19-8-3-2-7(13)5-4-6(11(17)18)10(12(14,15)16)20-9(5)8/h2-4,10H,1H3,(H,17,18)/p-1. The number of aliphatic carboxylic acids is 1. The van der Waals surface area contributed by atoms with E-state index in [1.165, 1.54) is 19.2 Å². The molecule has 1 unspecified atom stereocenters. The predicted octanol–water partition coefficient (Wildman–Crippen LogP) is 1.91. The summed E-state index contributed by atoms with van der Waals surface area (Å²) in [6.07, 6.45) is -6.60. The fourth-order valence-electron chi connectivity index (χ4n) is 1.79. The van der Waals surface area contributed by atoms with Gasteiger partial charge in [-0.3, -0.25) is 0 Å². The summed E-state index contributed by atoms with van der Waals surface area (Å²) >= 11 is 3.12. The Morgan fingerprint density at radius 2 is 2.10 bits per heavy atom. The molecule has 0 spiro atoms. The summed E-state index contributed by atoms with van der Waals surface area (Å²) in [5.74, 6) is -2.03. The van der Waals surface area contributed by atoms with Crippen molar-refractivity contribution in [1.29, 1.82) is 0 Å². The number of ether oxygens (including phenoxy) is 2. The van der Waals surface area contributed by atoms with Gasteiger partial charge in [-0.1, -0.05) is 15.9 Å². The summed E-state index contributed by atoms with van der Waals surface area (Å²) in [4.78, 5) is 10.9. The van der Waals surface area contributed by atoms with Gasteiger partial charge >= 0.3 is 6.18 Å². The Hall–Kier alpha value is -1.70. The Labute approximate surface area is 119 Å². The van der Waals surface area contributed by atoms with Gasteiger partial charge in [0.1, 0.15) is 0 Å². The van der Waals surface area contributed by atoms with E-state index in [-0.39, 0.29) is 17.1 Å². The smallest absolute Gasteiger partial charge is 0.429 e. The zero-order valence-electron chi connectivity index (χ0n) is 9.95. The third kappa shape index (κ3) is 2.47. The van der Waals surface area contributed by atoms with Crippen molar-refractivity contribution in [2.45, 2.75) is 12.3 Å². The van der Waals surface area contributed by atoms with E-state index in [0.29, 0.717) is 4.47 Å². The van der Waals surface area contributed by atoms with E-state index >= 15 is 0 Å². The fourth-order valence-corrected chi connectivity index (χ4v) is 2.22. The molecule has 0 radical (unpaired) electrons. The molecule has 0 aliphatic carbocycles. The lowest BCUT2D eigenvalue weighted by atomic mass is 10.0. The average Bonchev–Trinajstić information content (AvgIpc) is 2.37. The average molecular weight is 352 g/mol. The Morgan fingerprint density at radius 1 is 1.45 bits per heavy atom. The number of halogens is 4. The van der Waals surface area contributed by atoms with Crippen LogP contribution in [0.15, 0.2) is 22.2 Å². The molecule has 1 atom stereocenters. The van der Waals surface area contributed by atoms with Crippen molar-refractivity contribution < 1.29 is 32.5 Å². The van der Waals surface area contributed by atoms with Crippen LogP contribution in [0, 0.1) is 0 Å². The molecule has 20 heavy (non-hydrogen) atoms. The maximum Gasteiger partial charge on any atom is 0.429 e. The van der Waals surface area contributed by atoms with Gasteiger partial charge in [-0.2, -0.15) is 13.2 Å². The van der Waals surface area contributed by atoms with Crippen molar-refractivity contribution >= 4 is 28.0 Å². The van der Waals surface area contributed by atoms with Gasteiger partial charge in [0.05, 0.1) is 13.1 Å². The molecule has 1 aliphatic heterocycles. The SMILES string of the molecule is COc1ccc(Br)c2c1OC(C(F)(F)F)C(C(=O)[O-])=C2. The maximum atomic E-state index is 12.9. The second-order valence-corrected chi connectivity index (χ2v) is 4.77. The van der Waals surface area contributed by atoms with Gasteiger partial charge in [0.2, 0.25) is 6.10 Å². The third-order valence-corrected chi connectivity index (χ3v) is 3.37. The minimum absolute atomic E-state index is 0.0751. The van der Waals surface area contributed by atoms with Crippen LogP contribution < -0.4 is 14.6 Å². The number of carboxylic acid groups (broad SMARTS) is 1. The minimum atomic E-state index is -4.88. The first-order chi connectivity index (χ1) is 9.25. The summed E-state index contributed by atoms with van der Waals surface area (Å²) in [5, 5.41) is 10.9. The van der Waals surface area contributed by atoms with E-state index in [2.05, 4.69) is 15.9 Å². The highest BCUT2D eigenvalue weighted by Gasteiger charge is 2.47. The lowest BCUT2D eigenvalue weighted by Crippen LogP contribution is -2.44. The first-order valence-electron chi connectivity index (χ1n) is 5.28. The Kier molecular flexibility index (Phi) is 3.68. The van der Waals surface area contributed by atoms with Gasteiger partial charge in [-0.25, -0.2) is 0 Å². The van der Waals surface area contributed by atoms with Gasteiger partial charge in [-0.15, -0.1) is 0 Å². The summed E-state index contributed by atoms with van der Waals surface area (Å²) in [6.45, 7) is 0. The number of hydrogen-bond donors (Lipinski definition) is 0. The lowest BCUT2D eigenvalue weighted by molar-refractivity contribution is -0.302. The molecule has 1 aromatic carbocycles. The van der Waals surface area contributed by atoms with Gasteiger partial charge < -0.3 is 19.4 Å². The zero-order chi connectivity index (χ0) is 15.1. The van der Waals surface area contributed by atoms with E-state index < -0.39 is 23.8 Å². The van der Waals surface area contributed by atoms with Crippen LogP contribution in [0.25, 0.3) is 6.08 Å². The molecule has 8 heteroatoms. The second-order valence-electron chi connectivity index (χ2n) is 3.92. The van der Waals surface area contributed by atoms with E-state index in [1.807, 2.05) is 0 Å². The van der Waals surface area contributed by atoms with E-state index in [0.717, 1.165) is 6.08 Å². The molecule has 1 aliphatic rings. The molecule has 0 saturated carbocycles. The van der Waals surface area contributed by atoms with E-state index in [4.69, 9.17) is 9.47 Å². The van der Waals surface area contributed by atoms with Crippen LogP contribution in [0.4, 0.5) is 13.2 Å². The Bertz CT molecular complexity index is 595. The number of carbonyl (C=O) groups is 1. The van der Waals surface area contributed by atoms with Crippen molar-refractivity contribution in [3.05, 3.63) is 27.7 Å². The van der Waals surface area contributed by atoms with Crippen molar-refractivity contribution in [3.63, 3.8) is 0 Å². The topological polar surface area (TPSA) is 58.6 Å². The molecule has 4 nitrogen and oxygen atoms in total. The van der Waals surface area contributed by atoms with Crippen molar-refractivity contribution in [2.75, 3.05) is 7.11 Å². The van der Waals surface area contributed by atoms with Crippen LogP contribution in [0.1, 0.15) is 5.56 Å². The van der Waals surface area contributed by atoms with Gasteiger partial charge in [0.25, 0.3) is 0 Å². The lowest BCUT2D eigenvalue weighted by Gasteiger charge is -2.30. The molecular weight excluding hydrogens is 345 g/mol. The molecule has 0 bridgehead atoms.